The van der Waals surface area contributed by atoms with Gasteiger partial charge in [-0.15, -0.1) is 0 Å². The highest BCUT2D eigenvalue weighted by molar-refractivity contribution is 6.05. The Hall–Kier alpha value is -4.60. The van der Waals surface area contributed by atoms with Crippen LogP contribution in [-0.4, -0.2) is 49.7 Å². The van der Waals surface area contributed by atoms with Crippen molar-refractivity contribution >= 4 is 23.8 Å². The summed E-state index contributed by atoms with van der Waals surface area (Å²) in [5.74, 6) is -1.50. The van der Waals surface area contributed by atoms with Crippen LogP contribution in [0.2, 0.25) is 0 Å². The van der Waals surface area contributed by atoms with Gasteiger partial charge in [-0.05, 0) is 60.0 Å². The monoisotopic (exact) mass is 502 g/mol. The molecule has 0 spiro atoms. The Kier molecular flexibility index (Phi) is 6.39. The number of piperidine rings is 1. The maximum absolute atomic E-state index is 13.3. The molecule has 37 heavy (non-hydrogen) atoms. The lowest BCUT2D eigenvalue weighted by Gasteiger charge is -2.29. The summed E-state index contributed by atoms with van der Waals surface area (Å²) in [6, 6.07) is 15.6. The van der Waals surface area contributed by atoms with E-state index in [1.54, 1.807) is 48.5 Å². The van der Waals surface area contributed by atoms with Gasteiger partial charge in [0, 0.05) is 30.6 Å². The minimum absolute atomic E-state index is 0.0117. The molecule has 3 aromatic rings. The van der Waals surface area contributed by atoms with Crippen molar-refractivity contribution in [3.05, 3.63) is 88.9 Å². The zero-order chi connectivity index (χ0) is 26.1. The predicted molar refractivity (Wildman–Crippen MR) is 129 cm³/mol. The summed E-state index contributed by atoms with van der Waals surface area (Å²) in [5, 5.41) is 12.1. The molecule has 1 atom stereocenters. The second-order valence-electron chi connectivity index (χ2n) is 9.05. The van der Waals surface area contributed by atoms with E-state index in [0.717, 1.165) is 5.56 Å². The molecule has 1 fully saturated rings. The van der Waals surface area contributed by atoms with Crippen LogP contribution in [0.15, 0.2) is 60.7 Å². The first-order chi connectivity index (χ1) is 17.8. The highest BCUT2D eigenvalue weighted by Gasteiger charge is 2.39. The molecule has 1 saturated heterocycles. The molecule has 0 aliphatic carbocycles. The molecule has 2 N–H and O–H groups in total. The zero-order valence-corrected chi connectivity index (χ0v) is 19.7. The molecular formula is C27H23FN4O5. The molecule has 9 nitrogen and oxygen atoms in total. The number of hydrogen-bond acceptors (Lipinski definition) is 5. The number of carboxylic acid groups (broad SMARTS) is 1. The molecule has 0 saturated carbocycles. The van der Waals surface area contributed by atoms with Crippen molar-refractivity contribution in [2.24, 2.45) is 0 Å². The molecule has 2 aliphatic rings. The van der Waals surface area contributed by atoms with Crippen LogP contribution in [-0.2, 0) is 29.2 Å². The minimum atomic E-state index is -1.15. The van der Waals surface area contributed by atoms with Gasteiger partial charge in [0.15, 0.2) is 0 Å². The van der Waals surface area contributed by atoms with E-state index < -0.39 is 18.0 Å². The molecule has 0 bridgehead atoms. The number of carbonyl (C=O) groups is 4. The van der Waals surface area contributed by atoms with Gasteiger partial charge in [0.2, 0.25) is 11.8 Å². The van der Waals surface area contributed by atoms with Gasteiger partial charge in [0.05, 0.1) is 17.9 Å². The molecule has 1 unspecified atom stereocenters. The van der Waals surface area contributed by atoms with Gasteiger partial charge in [-0.1, -0.05) is 18.2 Å². The normalized spacial score (nSPS) is 16.9. The van der Waals surface area contributed by atoms with Gasteiger partial charge in [-0.3, -0.25) is 29.6 Å². The molecule has 5 rings (SSSR count). The second-order valence-corrected chi connectivity index (χ2v) is 9.05. The van der Waals surface area contributed by atoms with E-state index in [-0.39, 0.29) is 50.1 Å². The summed E-state index contributed by atoms with van der Waals surface area (Å²) in [6.07, 6.45) is -0.703. The summed E-state index contributed by atoms with van der Waals surface area (Å²) in [4.78, 5) is 56.0. The Morgan fingerprint density at radius 1 is 1.08 bits per heavy atom. The van der Waals surface area contributed by atoms with Crippen LogP contribution >= 0.6 is 0 Å². The average molecular weight is 503 g/mol. The first-order valence-electron chi connectivity index (χ1n) is 11.7. The number of benzene rings is 2. The molecule has 188 valence electrons. The fourth-order valence-electron chi connectivity index (χ4n) is 4.66. The van der Waals surface area contributed by atoms with Crippen LogP contribution in [0.5, 0.6) is 0 Å². The number of rotatable bonds is 6. The molecule has 0 radical (unpaired) electrons. The van der Waals surface area contributed by atoms with Gasteiger partial charge in [-0.25, -0.2) is 9.18 Å². The van der Waals surface area contributed by atoms with Crippen molar-refractivity contribution in [1.82, 2.24) is 20.1 Å². The van der Waals surface area contributed by atoms with Crippen molar-refractivity contribution < 1.29 is 28.7 Å². The first kappa shape index (κ1) is 24.1. The fraction of sp³-hybridized carbons (Fsp3) is 0.222. The van der Waals surface area contributed by atoms with Crippen LogP contribution in [0.3, 0.4) is 0 Å². The maximum Gasteiger partial charge on any atom is 0.407 e. The van der Waals surface area contributed by atoms with E-state index in [2.05, 4.69) is 10.3 Å². The Labute approximate surface area is 211 Å². The zero-order valence-electron chi connectivity index (χ0n) is 19.7. The molecule has 10 heteroatoms. The van der Waals surface area contributed by atoms with Crippen molar-refractivity contribution in [3.8, 4) is 11.3 Å². The maximum atomic E-state index is 13.3. The van der Waals surface area contributed by atoms with E-state index >= 15 is 0 Å². The quantitative estimate of drug-likeness (QED) is 0.499. The van der Waals surface area contributed by atoms with Crippen molar-refractivity contribution in [2.75, 3.05) is 0 Å². The van der Waals surface area contributed by atoms with Crippen LogP contribution in [0.25, 0.3) is 11.3 Å². The Bertz CT molecular complexity index is 1410. The minimum Gasteiger partial charge on any atom is -0.465 e. The van der Waals surface area contributed by atoms with Gasteiger partial charge >= 0.3 is 6.09 Å². The lowest BCUT2D eigenvalue weighted by Crippen LogP contribution is -2.52. The van der Waals surface area contributed by atoms with E-state index in [4.69, 9.17) is 0 Å². The SMILES string of the molecule is O=C1CCC(N2Cc3ccc(CN(Cc4cccc(-c5ccc(F)cc5)n4)C(=O)O)cc3C2=O)C(=O)N1. The lowest BCUT2D eigenvalue weighted by molar-refractivity contribution is -0.136. The highest BCUT2D eigenvalue weighted by Crippen LogP contribution is 2.29. The van der Waals surface area contributed by atoms with Gasteiger partial charge in [0.1, 0.15) is 11.9 Å². The fourth-order valence-corrected chi connectivity index (χ4v) is 4.66. The molecule has 3 heterocycles. The predicted octanol–water partition coefficient (Wildman–Crippen LogP) is 3.33. The number of carbonyl (C=O) groups excluding carboxylic acids is 3. The van der Waals surface area contributed by atoms with Gasteiger partial charge in [-0.2, -0.15) is 0 Å². The number of amides is 4. The second kappa shape index (κ2) is 9.81. The number of aromatic nitrogens is 1. The number of pyridine rings is 1. The molecule has 2 aliphatic heterocycles. The van der Waals surface area contributed by atoms with Crippen molar-refractivity contribution in [2.45, 2.75) is 38.5 Å². The lowest BCUT2D eigenvalue weighted by atomic mass is 10.0. The van der Waals surface area contributed by atoms with Gasteiger partial charge < -0.3 is 10.0 Å². The average Bonchev–Trinajstić information content (AvgIpc) is 3.20. The molecule has 4 amide bonds. The van der Waals surface area contributed by atoms with E-state index in [1.165, 1.54) is 21.9 Å². The number of nitrogens with zero attached hydrogens (tertiary/aromatic N) is 3. The number of nitrogens with one attached hydrogen (secondary N) is 1. The Morgan fingerprint density at radius 2 is 1.86 bits per heavy atom. The van der Waals surface area contributed by atoms with Gasteiger partial charge in [0.25, 0.3) is 5.91 Å². The summed E-state index contributed by atoms with van der Waals surface area (Å²) in [7, 11) is 0. The van der Waals surface area contributed by atoms with Crippen molar-refractivity contribution in [1.29, 1.82) is 0 Å². The molecule has 1 aromatic heterocycles. The highest BCUT2D eigenvalue weighted by atomic mass is 19.1. The van der Waals surface area contributed by atoms with E-state index in [9.17, 15) is 28.7 Å². The largest absolute Gasteiger partial charge is 0.465 e. The summed E-state index contributed by atoms with van der Waals surface area (Å²) >= 11 is 0. The van der Waals surface area contributed by atoms with Crippen LogP contribution < -0.4 is 5.32 Å². The molecule has 2 aromatic carbocycles. The Morgan fingerprint density at radius 3 is 2.59 bits per heavy atom. The summed E-state index contributed by atoms with van der Waals surface area (Å²) in [6.45, 7) is 0.290. The number of fused-ring (bicyclic) bond motifs is 1. The third-order valence-electron chi connectivity index (χ3n) is 6.54. The third kappa shape index (κ3) is 5.04. The smallest absolute Gasteiger partial charge is 0.407 e. The Balaban J connectivity index is 1.31. The number of halogens is 1. The topological polar surface area (TPSA) is 120 Å². The molecular weight excluding hydrogens is 479 g/mol. The van der Waals surface area contributed by atoms with Crippen molar-refractivity contribution in [3.63, 3.8) is 0 Å². The summed E-state index contributed by atoms with van der Waals surface area (Å²) in [5.41, 5.74) is 3.61. The van der Waals surface area contributed by atoms with E-state index in [1.807, 2.05) is 0 Å². The first-order valence-corrected chi connectivity index (χ1v) is 11.7. The van der Waals surface area contributed by atoms with E-state index in [0.29, 0.717) is 28.1 Å². The van der Waals surface area contributed by atoms with Crippen LogP contribution in [0.1, 0.15) is 40.0 Å². The van der Waals surface area contributed by atoms with Crippen LogP contribution in [0, 0.1) is 5.82 Å². The van der Waals surface area contributed by atoms with Crippen LogP contribution in [0.4, 0.5) is 9.18 Å². The number of hydrogen-bond donors (Lipinski definition) is 2. The summed E-state index contributed by atoms with van der Waals surface area (Å²) < 4.78 is 13.3. The third-order valence-corrected chi connectivity index (χ3v) is 6.54. The standard InChI is InChI=1S/C27H23FN4O5/c28-19-8-6-17(7-9-19)22-3-1-2-20(29-22)15-31(27(36)37)13-16-4-5-18-14-32(26(35)21(18)12-16)23-10-11-24(33)30-25(23)34/h1-9,12,23H,10-11,13-15H2,(H,36,37)(H,30,33,34). The number of imide groups is 1.